The highest BCUT2D eigenvalue weighted by Gasteiger charge is 2.46. The van der Waals surface area contributed by atoms with Crippen LogP contribution in [0.2, 0.25) is 0 Å². The van der Waals surface area contributed by atoms with Crippen molar-refractivity contribution in [3.63, 3.8) is 0 Å². The second kappa shape index (κ2) is 6.78. The van der Waals surface area contributed by atoms with Crippen LogP contribution in [0.25, 0.3) is 0 Å². The van der Waals surface area contributed by atoms with Gasteiger partial charge in [0, 0.05) is 14.2 Å². The van der Waals surface area contributed by atoms with Gasteiger partial charge in [-0.05, 0) is 27.7 Å². The zero-order chi connectivity index (χ0) is 13.7. The van der Waals surface area contributed by atoms with Crippen molar-refractivity contribution in [2.75, 3.05) is 14.2 Å². The molecular formula is C11H24B2O4-2. The highest BCUT2D eigenvalue weighted by molar-refractivity contribution is 6.49. The first-order valence-electron chi connectivity index (χ1n) is 5.74. The summed E-state index contributed by atoms with van der Waals surface area (Å²) >= 11 is 0. The largest absolute Gasteiger partial charge is 0.440 e. The van der Waals surface area contributed by atoms with Gasteiger partial charge in [0.2, 0.25) is 0 Å². The lowest BCUT2D eigenvalue weighted by atomic mass is 9.87. The van der Waals surface area contributed by atoms with Crippen molar-refractivity contribution in [1.82, 2.24) is 0 Å². The van der Waals surface area contributed by atoms with E-state index in [9.17, 15) is 0 Å². The molecule has 0 aliphatic carbocycles. The predicted octanol–water partition coefficient (Wildman–Crippen LogP) is 1.98. The third-order valence-electron chi connectivity index (χ3n) is 3.07. The van der Waals surface area contributed by atoms with Gasteiger partial charge >= 0.3 is 0 Å². The molecule has 0 spiro atoms. The van der Waals surface area contributed by atoms with Gasteiger partial charge in [-0.1, -0.05) is 0 Å². The fourth-order valence-corrected chi connectivity index (χ4v) is 1.12. The standard InChI is InChI=1S/C8H16BO2.C3H8BO2/c1-6-9-10-7(2,3)8(4,5)11-9;1-4(5-2)6-3/h6H,1-5H3;1H2,2-3H3/q2*-1. The Morgan fingerprint density at radius 1 is 1.06 bits per heavy atom. The van der Waals surface area contributed by atoms with Gasteiger partial charge < -0.3 is 25.4 Å². The van der Waals surface area contributed by atoms with E-state index in [2.05, 4.69) is 43.8 Å². The Hall–Kier alpha value is -0.0301. The Morgan fingerprint density at radius 3 is 1.53 bits per heavy atom. The summed E-state index contributed by atoms with van der Waals surface area (Å²) < 4.78 is 20.4. The Labute approximate surface area is 107 Å². The van der Waals surface area contributed by atoms with Crippen LogP contribution in [0.5, 0.6) is 0 Å². The predicted molar refractivity (Wildman–Crippen MR) is 71.2 cm³/mol. The van der Waals surface area contributed by atoms with E-state index >= 15 is 0 Å². The second-order valence-corrected chi connectivity index (χ2v) is 4.86. The molecule has 0 atom stereocenters. The Kier molecular flexibility index (Phi) is 6.77. The van der Waals surface area contributed by atoms with Crippen LogP contribution in [0.3, 0.4) is 0 Å². The van der Waals surface area contributed by atoms with E-state index in [4.69, 9.17) is 9.31 Å². The fraction of sp³-hybridized carbons (Fsp3) is 0.818. The molecule has 100 valence electrons. The van der Waals surface area contributed by atoms with E-state index in [0.717, 1.165) is 0 Å². The Morgan fingerprint density at radius 2 is 1.41 bits per heavy atom. The maximum absolute atomic E-state index is 5.64. The lowest BCUT2D eigenvalue weighted by molar-refractivity contribution is 0.00578. The van der Waals surface area contributed by atoms with Crippen molar-refractivity contribution in [2.45, 2.75) is 45.8 Å². The quantitative estimate of drug-likeness (QED) is 0.560. The molecule has 17 heavy (non-hydrogen) atoms. The summed E-state index contributed by atoms with van der Waals surface area (Å²) in [5, 5.41) is 0. The molecule has 1 aliphatic heterocycles. The molecular weight excluding hydrogens is 218 g/mol. The molecule has 1 heterocycles. The summed E-state index contributed by atoms with van der Waals surface area (Å²) in [5.41, 5.74) is -0.381. The first kappa shape index (κ1) is 17.0. The highest BCUT2D eigenvalue weighted by atomic mass is 16.7. The number of hydrogen-bond acceptors (Lipinski definition) is 4. The SMILES string of the molecule is C[CH-]B1OC(C)(C)C(C)(C)O1.[CH2-]B(OC)OC. The summed E-state index contributed by atoms with van der Waals surface area (Å²) in [6.45, 7) is 13.6. The zero-order valence-electron chi connectivity index (χ0n) is 12.1. The first-order valence-corrected chi connectivity index (χ1v) is 5.74. The minimum Gasteiger partial charge on any atom is -0.440 e. The number of hydrogen-bond donors (Lipinski definition) is 0. The maximum atomic E-state index is 5.64. The monoisotopic (exact) mass is 242 g/mol. The summed E-state index contributed by atoms with van der Waals surface area (Å²) in [6.07, 6.45) is 1.93. The van der Waals surface area contributed by atoms with Crippen LogP contribution in [0, 0.1) is 13.1 Å². The smallest absolute Gasteiger partial charge is 0.276 e. The lowest BCUT2D eigenvalue weighted by Crippen LogP contribution is -2.41. The lowest BCUT2D eigenvalue weighted by Gasteiger charge is -2.33. The van der Waals surface area contributed by atoms with Crippen molar-refractivity contribution in [2.24, 2.45) is 0 Å². The fourth-order valence-electron chi connectivity index (χ4n) is 1.12. The molecule has 1 saturated heterocycles. The summed E-state index contributed by atoms with van der Waals surface area (Å²) in [4.78, 5) is 0. The van der Waals surface area contributed by atoms with E-state index in [1.807, 2.05) is 13.2 Å². The van der Waals surface area contributed by atoms with Crippen LogP contribution >= 0.6 is 0 Å². The van der Waals surface area contributed by atoms with E-state index in [0.29, 0.717) is 0 Å². The molecule has 0 bridgehead atoms. The minimum atomic E-state index is -0.315. The van der Waals surface area contributed by atoms with Crippen molar-refractivity contribution in [3.8, 4) is 0 Å². The van der Waals surface area contributed by atoms with E-state index in [-0.39, 0.29) is 25.4 Å². The molecule has 0 aromatic heterocycles. The van der Waals surface area contributed by atoms with Gasteiger partial charge in [0.05, 0.1) is 11.2 Å². The first-order chi connectivity index (χ1) is 7.70. The van der Waals surface area contributed by atoms with Crippen LogP contribution in [-0.4, -0.2) is 39.7 Å². The average Bonchev–Trinajstić information content (AvgIpc) is 2.47. The summed E-state index contributed by atoms with van der Waals surface area (Å²) in [5.74, 6) is 0. The van der Waals surface area contributed by atoms with Gasteiger partial charge in [-0.15, -0.1) is 0 Å². The van der Waals surface area contributed by atoms with E-state index in [1.165, 1.54) is 0 Å². The van der Waals surface area contributed by atoms with E-state index < -0.39 is 0 Å². The van der Waals surface area contributed by atoms with Crippen molar-refractivity contribution in [3.05, 3.63) is 13.1 Å². The van der Waals surface area contributed by atoms with Crippen molar-refractivity contribution >= 4 is 14.2 Å². The molecule has 1 aliphatic rings. The average molecular weight is 242 g/mol. The molecule has 4 nitrogen and oxygen atoms in total. The van der Waals surface area contributed by atoms with Crippen molar-refractivity contribution in [1.29, 1.82) is 0 Å². The molecule has 1 fully saturated rings. The second-order valence-electron chi connectivity index (χ2n) is 4.86. The molecule has 6 heteroatoms. The van der Waals surface area contributed by atoms with Crippen LogP contribution in [0.15, 0.2) is 0 Å². The third kappa shape index (κ3) is 5.00. The van der Waals surface area contributed by atoms with Gasteiger partial charge in [-0.25, -0.2) is 0 Å². The maximum Gasteiger partial charge on any atom is 0.276 e. The van der Waals surface area contributed by atoms with Crippen LogP contribution in [-0.2, 0) is 18.6 Å². The zero-order valence-corrected chi connectivity index (χ0v) is 12.1. The molecule has 0 unspecified atom stereocenters. The van der Waals surface area contributed by atoms with Crippen LogP contribution < -0.4 is 0 Å². The minimum absolute atomic E-state index is 0.139. The Bertz CT molecular complexity index is 202. The third-order valence-corrected chi connectivity index (χ3v) is 3.07. The molecule has 0 aromatic rings. The molecule has 0 radical (unpaired) electrons. The van der Waals surface area contributed by atoms with Gasteiger partial charge in [0.25, 0.3) is 14.2 Å². The summed E-state index contributed by atoms with van der Waals surface area (Å²) in [6, 6.07) is 0. The van der Waals surface area contributed by atoms with Crippen LogP contribution in [0.1, 0.15) is 34.6 Å². The van der Waals surface area contributed by atoms with Crippen molar-refractivity contribution < 1.29 is 18.6 Å². The normalized spacial score (nSPS) is 20.8. The van der Waals surface area contributed by atoms with Crippen LogP contribution in [0.4, 0.5) is 0 Å². The van der Waals surface area contributed by atoms with Gasteiger partial charge in [-0.3, -0.25) is 6.32 Å². The van der Waals surface area contributed by atoms with E-state index in [1.54, 1.807) is 14.2 Å². The molecule has 0 aromatic carbocycles. The number of rotatable bonds is 3. The Balaban J connectivity index is 0.000000366. The topological polar surface area (TPSA) is 36.9 Å². The molecule has 0 amide bonds. The van der Waals surface area contributed by atoms with Gasteiger partial charge in [0.1, 0.15) is 0 Å². The summed E-state index contributed by atoms with van der Waals surface area (Å²) in [7, 11) is 2.63. The van der Waals surface area contributed by atoms with Gasteiger partial charge in [-0.2, -0.15) is 6.92 Å². The van der Waals surface area contributed by atoms with Gasteiger partial charge in [0.15, 0.2) is 0 Å². The molecule has 0 N–H and O–H groups in total. The highest BCUT2D eigenvalue weighted by Crippen LogP contribution is 2.36. The molecule has 1 rings (SSSR count). The molecule has 0 saturated carbocycles.